The summed E-state index contributed by atoms with van der Waals surface area (Å²) < 4.78 is 0. The number of benzene rings is 1. The third-order valence-electron chi connectivity index (χ3n) is 12.5. The standard InChI is InChI=1S/C33H50O4/c1-5-24-28-19-23(34)15-17-33(28,4)27-16-18-32(3)25(13-14-26(32)29(27)30(24)35)20(2)7-6-8-21-9-11-22(12-10-21)31(36)37/h9-12,20,23-30,34-35H,5-8,13-19H2,1-4H3,(H,36,37)/t20-,23-,24-,25-,26?,27?,28+,29?,30-,32-,33-/m1/s1. The summed E-state index contributed by atoms with van der Waals surface area (Å²) in [6.45, 7) is 9.81. The molecular weight excluding hydrogens is 460 g/mol. The van der Waals surface area contributed by atoms with Gasteiger partial charge < -0.3 is 15.3 Å². The monoisotopic (exact) mass is 510 g/mol. The Morgan fingerprint density at radius 1 is 0.973 bits per heavy atom. The lowest BCUT2D eigenvalue weighted by molar-refractivity contribution is -0.203. The number of carbonyl (C=O) groups is 1. The Bertz CT molecular complexity index is 958. The Kier molecular flexibility index (Phi) is 7.57. The Labute approximate surface area is 224 Å². The molecule has 0 amide bonds. The molecule has 4 fully saturated rings. The van der Waals surface area contributed by atoms with E-state index < -0.39 is 5.97 Å². The highest BCUT2D eigenvalue weighted by atomic mass is 16.4. The molecule has 4 nitrogen and oxygen atoms in total. The highest BCUT2D eigenvalue weighted by Gasteiger charge is 2.64. The van der Waals surface area contributed by atoms with E-state index in [1.807, 2.05) is 12.1 Å². The molecule has 0 heterocycles. The van der Waals surface area contributed by atoms with Gasteiger partial charge in [-0.15, -0.1) is 0 Å². The number of carboxylic acid groups (broad SMARTS) is 1. The van der Waals surface area contributed by atoms with Crippen LogP contribution in [0.25, 0.3) is 0 Å². The van der Waals surface area contributed by atoms with Gasteiger partial charge in [-0.05, 0) is 128 Å². The minimum absolute atomic E-state index is 0.184. The molecule has 206 valence electrons. The summed E-state index contributed by atoms with van der Waals surface area (Å²) in [5.74, 6) is 2.96. The van der Waals surface area contributed by atoms with Crippen molar-refractivity contribution in [2.75, 3.05) is 0 Å². The van der Waals surface area contributed by atoms with Crippen LogP contribution in [0, 0.1) is 52.3 Å². The summed E-state index contributed by atoms with van der Waals surface area (Å²) in [5.41, 5.74) is 2.17. The number of aliphatic hydroxyl groups excluding tert-OH is 2. The molecule has 3 N–H and O–H groups in total. The van der Waals surface area contributed by atoms with Crippen molar-refractivity contribution in [3.63, 3.8) is 0 Å². The molecule has 0 spiro atoms. The van der Waals surface area contributed by atoms with Crippen molar-refractivity contribution in [1.82, 2.24) is 0 Å². The number of aromatic carboxylic acids is 1. The normalized spacial score (nSPS) is 43.9. The van der Waals surface area contributed by atoms with E-state index in [2.05, 4.69) is 27.7 Å². The zero-order valence-electron chi connectivity index (χ0n) is 23.5. The fourth-order valence-electron chi connectivity index (χ4n) is 10.6. The Balaban J connectivity index is 1.27. The summed E-state index contributed by atoms with van der Waals surface area (Å²) in [7, 11) is 0. The van der Waals surface area contributed by atoms with Crippen LogP contribution in [0.1, 0.15) is 108 Å². The van der Waals surface area contributed by atoms with E-state index in [-0.39, 0.29) is 17.6 Å². The van der Waals surface area contributed by atoms with E-state index >= 15 is 0 Å². The number of aryl methyl sites for hydroxylation is 1. The van der Waals surface area contributed by atoms with Crippen molar-refractivity contribution in [2.24, 2.45) is 52.3 Å². The first-order valence-corrected chi connectivity index (χ1v) is 15.3. The first-order valence-electron chi connectivity index (χ1n) is 15.3. The molecule has 4 aliphatic carbocycles. The van der Waals surface area contributed by atoms with E-state index in [0.717, 1.165) is 44.4 Å². The van der Waals surface area contributed by atoms with Crippen LogP contribution in [-0.2, 0) is 6.42 Å². The molecule has 4 saturated carbocycles. The number of aliphatic hydroxyl groups is 2. The van der Waals surface area contributed by atoms with Gasteiger partial charge in [0.15, 0.2) is 0 Å². The van der Waals surface area contributed by atoms with Gasteiger partial charge in [-0.3, -0.25) is 0 Å². The minimum atomic E-state index is -0.863. The Hall–Kier alpha value is -1.39. The van der Waals surface area contributed by atoms with Gasteiger partial charge in [0.2, 0.25) is 0 Å². The molecule has 4 heteroatoms. The van der Waals surface area contributed by atoms with Crippen LogP contribution in [0.4, 0.5) is 0 Å². The first-order chi connectivity index (χ1) is 17.6. The number of rotatable bonds is 7. The molecule has 0 bridgehead atoms. The molecule has 4 aliphatic rings. The lowest BCUT2D eigenvalue weighted by atomic mass is 9.41. The summed E-state index contributed by atoms with van der Waals surface area (Å²) in [4.78, 5) is 11.1. The lowest BCUT2D eigenvalue weighted by Gasteiger charge is -2.64. The highest BCUT2D eigenvalue weighted by molar-refractivity contribution is 5.87. The predicted octanol–water partition coefficient (Wildman–Crippen LogP) is 6.97. The topological polar surface area (TPSA) is 77.8 Å². The van der Waals surface area contributed by atoms with E-state index in [1.165, 1.54) is 37.7 Å². The molecule has 0 saturated heterocycles. The zero-order chi connectivity index (χ0) is 26.5. The second-order valence-electron chi connectivity index (χ2n) is 14.0. The van der Waals surface area contributed by atoms with E-state index in [9.17, 15) is 15.0 Å². The molecular formula is C33H50O4. The third-order valence-corrected chi connectivity index (χ3v) is 12.5. The Morgan fingerprint density at radius 3 is 2.32 bits per heavy atom. The van der Waals surface area contributed by atoms with Gasteiger partial charge in [0.25, 0.3) is 0 Å². The fourth-order valence-corrected chi connectivity index (χ4v) is 10.6. The second kappa shape index (κ2) is 10.3. The quantitative estimate of drug-likeness (QED) is 0.370. The first kappa shape index (κ1) is 27.2. The van der Waals surface area contributed by atoms with Crippen molar-refractivity contribution in [3.05, 3.63) is 35.4 Å². The van der Waals surface area contributed by atoms with Crippen molar-refractivity contribution in [3.8, 4) is 0 Å². The van der Waals surface area contributed by atoms with Crippen LogP contribution >= 0.6 is 0 Å². The molecule has 37 heavy (non-hydrogen) atoms. The van der Waals surface area contributed by atoms with Gasteiger partial charge in [-0.25, -0.2) is 4.79 Å². The van der Waals surface area contributed by atoms with Gasteiger partial charge in [0.1, 0.15) is 0 Å². The van der Waals surface area contributed by atoms with Gasteiger partial charge in [-0.2, -0.15) is 0 Å². The highest BCUT2D eigenvalue weighted by Crippen LogP contribution is 2.69. The summed E-state index contributed by atoms with van der Waals surface area (Å²) in [6, 6.07) is 7.38. The average Bonchev–Trinajstić information content (AvgIpc) is 3.23. The summed E-state index contributed by atoms with van der Waals surface area (Å²) in [5, 5.41) is 31.5. The van der Waals surface area contributed by atoms with Crippen molar-refractivity contribution in [2.45, 2.75) is 111 Å². The average molecular weight is 511 g/mol. The molecule has 0 aliphatic heterocycles. The van der Waals surface area contributed by atoms with Crippen molar-refractivity contribution < 1.29 is 20.1 Å². The van der Waals surface area contributed by atoms with E-state index in [1.54, 1.807) is 12.1 Å². The molecule has 3 unspecified atom stereocenters. The molecule has 11 atom stereocenters. The fraction of sp³-hybridized carbons (Fsp3) is 0.788. The predicted molar refractivity (Wildman–Crippen MR) is 147 cm³/mol. The maximum Gasteiger partial charge on any atom is 0.335 e. The van der Waals surface area contributed by atoms with Crippen LogP contribution in [0.5, 0.6) is 0 Å². The number of hydrogen-bond acceptors (Lipinski definition) is 3. The van der Waals surface area contributed by atoms with Crippen LogP contribution in [0.2, 0.25) is 0 Å². The molecule has 0 aromatic heterocycles. The summed E-state index contributed by atoms with van der Waals surface area (Å²) >= 11 is 0. The van der Waals surface area contributed by atoms with Crippen LogP contribution < -0.4 is 0 Å². The van der Waals surface area contributed by atoms with Gasteiger partial charge in [0, 0.05) is 0 Å². The largest absolute Gasteiger partial charge is 0.478 e. The van der Waals surface area contributed by atoms with Gasteiger partial charge in [0.05, 0.1) is 17.8 Å². The lowest BCUT2D eigenvalue weighted by Crippen LogP contribution is -2.62. The molecule has 5 rings (SSSR count). The Morgan fingerprint density at radius 2 is 1.65 bits per heavy atom. The van der Waals surface area contributed by atoms with Crippen molar-refractivity contribution >= 4 is 5.97 Å². The van der Waals surface area contributed by atoms with Crippen LogP contribution in [0.15, 0.2) is 24.3 Å². The molecule has 0 radical (unpaired) electrons. The molecule has 1 aromatic carbocycles. The third kappa shape index (κ3) is 4.58. The van der Waals surface area contributed by atoms with E-state index in [4.69, 9.17) is 5.11 Å². The van der Waals surface area contributed by atoms with Crippen LogP contribution in [0.3, 0.4) is 0 Å². The smallest absolute Gasteiger partial charge is 0.335 e. The van der Waals surface area contributed by atoms with Crippen LogP contribution in [-0.4, -0.2) is 33.5 Å². The van der Waals surface area contributed by atoms with E-state index in [0.29, 0.717) is 46.5 Å². The minimum Gasteiger partial charge on any atom is -0.478 e. The molecule has 1 aromatic rings. The van der Waals surface area contributed by atoms with Crippen molar-refractivity contribution in [1.29, 1.82) is 0 Å². The number of hydrogen-bond donors (Lipinski definition) is 3. The maximum atomic E-state index is 11.9. The van der Waals surface area contributed by atoms with Gasteiger partial charge in [-0.1, -0.05) is 52.7 Å². The SMILES string of the molecule is CC[C@H]1[C@@H](O)C2C3CC[C@H]([C@H](C)CCCc4ccc(C(=O)O)cc4)[C@@]3(C)CCC2[C@@]2(C)CC[C@@H](O)C[C@@H]12. The van der Waals surface area contributed by atoms with Gasteiger partial charge >= 0.3 is 5.97 Å². The maximum absolute atomic E-state index is 11.9. The summed E-state index contributed by atoms with van der Waals surface area (Å²) in [6.07, 6.45) is 12.0. The number of fused-ring (bicyclic) bond motifs is 5. The zero-order valence-corrected chi connectivity index (χ0v) is 23.5. The second-order valence-corrected chi connectivity index (χ2v) is 14.0. The number of carboxylic acids is 1.